The molecule has 1 amide bonds. The minimum atomic E-state index is -0.0844. The molecule has 0 unspecified atom stereocenters. The highest BCUT2D eigenvalue weighted by atomic mass is 16.3. The lowest BCUT2D eigenvalue weighted by atomic mass is 10.1. The van der Waals surface area contributed by atoms with Gasteiger partial charge in [-0.3, -0.25) is 4.79 Å². The van der Waals surface area contributed by atoms with Gasteiger partial charge in [0.25, 0.3) is 0 Å². The summed E-state index contributed by atoms with van der Waals surface area (Å²) in [4.78, 5) is 21.4. The van der Waals surface area contributed by atoms with Gasteiger partial charge in [-0.2, -0.15) is 0 Å². The molecule has 4 aromatic rings. The van der Waals surface area contributed by atoms with Gasteiger partial charge in [0.1, 0.15) is 17.2 Å². The molecule has 6 heteroatoms. The Balaban J connectivity index is 1.29. The van der Waals surface area contributed by atoms with Gasteiger partial charge in [0.2, 0.25) is 5.91 Å². The van der Waals surface area contributed by atoms with Gasteiger partial charge in [0.05, 0.1) is 6.54 Å². The van der Waals surface area contributed by atoms with Crippen molar-refractivity contribution in [1.82, 2.24) is 9.88 Å². The van der Waals surface area contributed by atoms with Gasteiger partial charge in [-0.1, -0.05) is 36.4 Å². The van der Waals surface area contributed by atoms with Gasteiger partial charge in [0, 0.05) is 61.2 Å². The van der Waals surface area contributed by atoms with Gasteiger partial charge in [-0.05, 0) is 42.8 Å². The number of nitrogens with zero attached hydrogens (tertiary/aromatic N) is 3. The smallest absolute Gasteiger partial charge is 0.246 e. The van der Waals surface area contributed by atoms with E-state index in [1.807, 2.05) is 43.3 Å². The Bertz CT molecular complexity index is 1340. The van der Waals surface area contributed by atoms with Gasteiger partial charge >= 0.3 is 0 Å². The van der Waals surface area contributed by atoms with Crippen molar-refractivity contribution in [2.75, 3.05) is 30.4 Å². The van der Waals surface area contributed by atoms with E-state index in [0.717, 1.165) is 58.9 Å². The van der Waals surface area contributed by atoms with Crippen LogP contribution in [-0.4, -0.2) is 35.9 Å². The molecule has 0 radical (unpaired) electrons. The van der Waals surface area contributed by atoms with Crippen molar-refractivity contribution in [3.8, 4) is 0 Å². The van der Waals surface area contributed by atoms with Crippen molar-refractivity contribution in [2.45, 2.75) is 20.0 Å². The number of amides is 1. The highest BCUT2D eigenvalue weighted by Gasteiger charge is 2.16. The molecule has 1 aliphatic rings. The lowest BCUT2D eigenvalue weighted by molar-refractivity contribution is -0.125. The van der Waals surface area contributed by atoms with Crippen LogP contribution in [0.4, 0.5) is 11.5 Å². The second-order valence-corrected chi connectivity index (χ2v) is 8.63. The third-order valence-electron chi connectivity index (χ3n) is 6.26. The first-order valence-electron chi connectivity index (χ1n) is 11.5. The molecule has 1 aliphatic heterocycles. The maximum absolute atomic E-state index is 12.8. The first-order valence-corrected chi connectivity index (χ1v) is 11.5. The van der Waals surface area contributed by atoms with Crippen molar-refractivity contribution in [1.29, 1.82) is 0 Å². The van der Waals surface area contributed by atoms with Gasteiger partial charge in [-0.25, -0.2) is 4.98 Å². The third-order valence-corrected chi connectivity index (χ3v) is 6.26. The molecule has 0 spiro atoms. The second-order valence-electron chi connectivity index (χ2n) is 8.63. The average molecular weight is 453 g/mol. The van der Waals surface area contributed by atoms with Crippen LogP contribution in [0.1, 0.15) is 22.5 Å². The molecule has 0 saturated heterocycles. The number of likely N-dealkylation sites (N-methyl/N-ethyl adjacent to an activating group) is 1. The van der Waals surface area contributed by atoms with Gasteiger partial charge < -0.3 is 19.5 Å². The molecule has 2 aromatic carbocycles. The molecular formula is C28H28N4O2. The highest BCUT2D eigenvalue weighted by Crippen LogP contribution is 2.26. The van der Waals surface area contributed by atoms with Crippen molar-refractivity contribution in [3.05, 3.63) is 95.4 Å². The van der Waals surface area contributed by atoms with E-state index in [2.05, 4.69) is 45.5 Å². The number of hydrogen-bond donors (Lipinski definition) is 1. The van der Waals surface area contributed by atoms with Gasteiger partial charge in [-0.15, -0.1) is 0 Å². The number of nitrogens with one attached hydrogen (secondary N) is 1. The molecule has 6 nitrogen and oxygen atoms in total. The molecular weight excluding hydrogens is 424 g/mol. The lowest BCUT2D eigenvalue weighted by Crippen LogP contribution is -2.25. The van der Waals surface area contributed by atoms with E-state index < -0.39 is 0 Å². The number of hydrogen-bond acceptors (Lipinski definition) is 5. The molecule has 172 valence electrons. The van der Waals surface area contributed by atoms with E-state index in [1.165, 1.54) is 5.69 Å². The van der Waals surface area contributed by atoms with Crippen LogP contribution in [0.15, 0.2) is 77.4 Å². The number of fused-ring (bicyclic) bond motifs is 2. The topological polar surface area (TPSA) is 61.6 Å². The standard InChI is InChI=1S/C28H28N4O2/c1-20-24-10-6-7-11-25(24)34-26(20)19-31(2)27(33)13-12-21-16-22-18-32(23-8-4-3-5-9-23)15-14-29-28(22)30-17-21/h3-13,16-17H,14-15,18-19H2,1-2H3,(H,29,30). The summed E-state index contributed by atoms with van der Waals surface area (Å²) in [5.74, 6) is 1.63. The van der Waals surface area contributed by atoms with E-state index in [0.29, 0.717) is 6.54 Å². The van der Waals surface area contributed by atoms with E-state index in [1.54, 1.807) is 24.2 Å². The average Bonchev–Trinajstić information content (AvgIpc) is 3.04. The van der Waals surface area contributed by atoms with E-state index in [4.69, 9.17) is 4.42 Å². The van der Waals surface area contributed by atoms with Crippen molar-refractivity contribution in [2.24, 2.45) is 0 Å². The van der Waals surface area contributed by atoms with E-state index in [9.17, 15) is 4.79 Å². The van der Waals surface area contributed by atoms with Crippen molar-refractivity contribution < 1.29 is 9.21 Å². The fraction of sp³-hybridized carbons (Fsp3) is 0.214. The zero-order valence-electron chi connectivity index (χ0n) is 19.5. The summed E-state index contributed by atoms with van der Waals surface area (Å²) in [6.45, 7) is 4.94. The summed E-state index contributed by atoms with van der Waals surface area (Å²) in [5.41, 5.74) is 5.13. The molecule has 0 bridgehead atoms. The maximum Gasteiger partial charge on any atom is 0.246 e. The van der Waals surface area contributed by atoms with Crippen LogP contribution < -0.4 is 10.2 Å². The summed E-state index contributed by atoms with van der Waals surface area (Å²) in [5, 5.41) is 4.50. The zero-order valence-corrected chi connectivity index (χ0v) is 19.5. The Kier molecular flexibility index (Phi) is 6.04. The van der Waals surface area contributed by atoms with Crippen LogP contribution in [0.5, 0.6) is 0 Å². The summed E-state index contributed by atoms with van der Waals surface area (Å²) >= 11 is 0. The fourth-order valence-corrected chi connectivity index (χ4v) is 4.32. The first kappa shape index (κ1) is 21.8. The van der Waals surface area contributed by atoms with Crippen LogP contribution in [0.25, 0.3) is 17.0 Å². The van der Waals surface area contributed by atoms with Crippen LogP contribution in [-0.2, 0) is 17.9 Å². The predicted octanol–water partition coefficient (Wildman–Crippen LogP) is 5.24. The molecule has 0 saturated carbocycles. The number of aryl methyl sites for hydroxylation is 1. The number of para-hydroxylation sites is 2. The van der Waals surface area contributed by atoms with Crippen LogP contribution in [0.2, 0.25) is 0 Å². The van der Waals surface area contributed by atoms with Crippen molar-refractivity contribution >= 4 is 34.5 Å². The largest absolute Gasteiger partial charge is 0.459 e. The molecule has 2 aromatic heterocycles. The molecule has 3 heterocycles. The normalized spacial score (nSPS) is 13.5. The van der Waals surface area contributed by atoms with E-state index >= 15 is 0 Å². The quantitative estimate of drug-likeness (QED) is 0.420. The SMILES string of the molecule is Cc1c(CN(C)C(=O)C=Cc2cnc3c(c2)CN(c2ccccc2)CCN3)oc2ccccc12. The highest BCUT2D eigenvalue weighted by molar-refractivity contribution is 5.91. The van der Waals surface area contributed by atoms with E-state index in [-0.39, 0.29) is 5.91 Å². The summed E-state index contributed by atoms with van der Waals surface area (Å²) in [6.07, 6.45) is 5.23. The lowest BCUT2D eigenvalue weighted by Gasteiger charge is -2.22. The minimum Gasteiger partial charge on any atom is -0.459 e. The number of pyridine rings is 1. The molecule has 1 N–H and O–H groups in total. The number of anilines is 2. The molecule has 0 atom stereocenters. The summed E-state index contributed by atoms with van der Waals surface area (Å²) in [6, 6.07) is 20.4. The Morgan fingerprint density at radius 3 is 2.79 bits per heavy atom. The third kappa shape index (κ3) is 4.53. The fourth-order valence-electron chi connectivity index (χ4n) is 4.32. The Morgan fingerprint density at radius 2 is 1.97 bits per heavy atom. The number of carbonyl (C=O) groups excluding carboxylic acids is 1. The van der Waals surface area contributed by atoms with Crippen LogP contribution in [0.3, 0.4) is 0 Å². The Morgan fingerprint density at radius 1 is 1.18 bits per heavy atom. The Labute approximate surface area is 199 Å². The Hall–Kier alpha value is -4.06. The van der Waals surface area contributed by atoms with Crippen LogP contribution >= 0.6 is 0 Å². The second kappa shape index (κ2) is 9.43. The number of carbonyl (C=O) groups is 1. The summed E-state index contributed by atoms with van der Waals surface area (Å²) < 4.78 is 5.96. The van der Waals surface area contributed by atoms with Gasteiger partial charge in [0.15, 0.2) is 0 Å². The number of rotatable bonds is 5. The maximum atomic E-state index is 12.8. The molecule has 0 aliphatic carbocycles. The molecule has 0 fully saturated rings. The van der Waals surface area contributed by atoms with Crippen molar-refractivity contribution in [3.63, 3.8) is 0 Å². The summed E-state index contributed by atoms with van der Waals surface area (Å²) in [7, 11) is 1.79. The monoisotopic (exact) mass is 452 g/mol. The molecule has 5 rings (SSSR count). The van der Waals surface area contributed by atoms with Crippen LogP contribution in [0, 0.1) is 6.92 Å². The molecule has 34 heavy (non-hydrogen) atoms. The minimum absolute atomic E-state index is 0.0844. The zero-order chi connectivity index (χ0) is 23.5. The number of aromatic nitrogens is 1. The number of benzene rings is 2. The predicted molar refractivity (Wildman–Crippen MR) is 137 cm³/mol. The first-order chi connectivity index (χ1) is 16.6. The number of furan rings is 1.